The van der Waals surface area contributed by atoms with Gasteiger partial charge in [-0.15, -0.1) is 0 Å². The number of nitrogens with zero attached hydrogens (tertiary/aromatic N) is 1. The zero-order valence-electron chi connectivity index (χ0n) is 9.12. The van der Waals surface area contributed by atoms with Crippen LogP contribution in [0.5, 0.6) is 0 Å². The summed E-state index contributed by atoms with van der Waals surface area (Å²) in [5.41, 5.74) is 0. The van der Waals surface area contributed by atoms with Gasteiger partial charge in [-0.05, 0) is 44.7 Å². The minimum atomic E-state index is -0.00863. The van der Waals surface area contributed by atoms with Gasteiger partial charge in [0.15, 0.2) is 0 Å². The minimum absolute atomic E-state index is 0.00863. The van der Waals surface area contributed by atoms with E-state index < -0.39 is 0 Å². The molecule has 2 atom stereocenters. The highest BCUT2D eigenvalue weighted by Crippen LogP contribution is 2.25. The third-order valence-electron chi connectivity index (χ3n) is 3.81. The van der Waals surface area contributed by atoms with Crippen LogP contribution in [0.15, 0.2) is 0 Å². The van der Waals surface area contributed by atoms with Gasteiger partial charge in [0.25, 0.3) is 0 Å². The van der Waals surface area contributed by atoms with Gasteiger partial charge in [0.2, 0.25) is 0 Å². The molecule has 2 unspecified atom stereocenters. The molecule has 14 heavy (non-hydrogen) atoms. The zero-order valence-corrected chi connectivity index (χ0v) is 9.12. The lowest BCUT2D eigenvalue weighted by molar-refractivity contribution is 0.0424. The summed E-state index contributed by atoms with van der Waals surface area (Å²) in [6.07, 6.45) is 8.98. The van der Waals surface area contributed by atoms with Gasteiger partial charge in [-0.1, -0.05) is 19.3 Å². The first-order valence-corrected chi connectivity index (χ1v) is 6.26. The summed E-state index contributed by atoms with van der Waals surface area (Å²) in [7, 11) is 0. The molecule has 2 nitrogen and oxygen atoms in total. The fourth-order valence-electron chi connectivity index (χ4n) is 2.87. The van der Waals surface area contributed by atoms with E-state index in [0.29, 0.717) is 5.92 Å². The molecule has 1 saturated heterocycles. The first-order chi connectivity index (χ1) is 6.86. The lowest BCUT2D eigenvalue weighted by Gasteiger charge is -2.34. The number of aliphatic hydroxyl groups is 1. The topological polar surface area (TPSA) is 23.5 Å². The van der Waals surface area contributed by atoms with Crippen molar-refractivity contribution in [2.75, 3.05) is 19.6 Å². The highest BCUT2D eigenvalue weighted by molar-refractivity contribution is 4.78. The molecule has 1 N–H and O–H groups in total. The van der Waals surface area contributed by atoms with Crippen LogP contribution >= 0.6 is 0 Å². The second-order valence-corrected chi connectivity index (χ2v) is 4.97. The maximum absolute atomic E-state index is 9.87. The Bertz CT molecular complexity index is 166. The Balaban J connectivity index is 1.76. The highest BCUT2D eigenvalue weighted by atomic mass is 16.3. The summed E-state index contributed by atoms with van der Waals surface area (Å²) in [5, 5.41) is 9.87. The minimum Gasteiger partial charge on any atom is -0.393 e. The average Bonchev–Trinajstić information content (AvgIpc) is 2.23. The molecule has 2 heteroatoms. The molecule has 0 aromatic rings. The normalized spacial score (nSPS) is 35.8. The van der Waals surface area contributed by atoms with Gasteiger partial charge < -0.3 is 10.0 Å². The van der Waals surface area contributed by atoms with E-state index in [1.807, 2.05) is 0 Å². The number of rotatable bonds is 2. The van der Waals surface area contributed by atoms with Gasteiger partial charge in [-0.25, -0.2) is 0 Å². The van der Waals surface area contributed by atoms with Crippen molar-refractivity contribution in [1.29, 1.82) is 0 Å². The summed E-state index contributed by atoms with van der Waals surface area (Å²) < 4.78 is 0. The van der Waals surface area contributed by atoms with Crippen molar-refractivity contribution in [3.63, 3.8) is 0 Å². The fourth-order valence-corrected chi connectivity index (χ4v) is 2.87. The smallest absolute Gasteiger partial charge is 0.0580 e. The molecule has 82 valence electrons. The van der Waals surface area contributed by atoms with Crippen molar-refractivity contribution in [3.8, 4) is 0 Å². The van der Waals surface area contributed by atoms with E-state index in [2.05, 4.69) is 4.90 Å². The summed E-state index contributed by atoms with van der Waals surface area (Å²) in [6, 6.07) is 0. The van der Waals surface area contributed by atoms with Crippen LogP contribution < -0.4 is 0 Å². The molecule has 0 amide bonds. The molecule has 2 aliphatic rings. The zero-order chi connectivity index (χ0) is 9.80. The predicted molar refractivity (Wildman–Crippen MR) is 58.3 cm³/mol. The van der Waals surface area contributed by atoms with Gasteiger partial charge in [0.1, 0.15) is 0 Å². The van der Waals surface area contributed by atoms with Gasteiger partial charge in [0, 0.05) is 6.54 Å². The summed E-state index contributed by atoms with van der Waals surface area (Å²) >= 11 is 0. The van der Waals surface area contributed by atoms with Crippen LogP contribution in [-0.4, -0.2) is 35.7 Å². The number of aliphatic hydroxyl groups excluding tert-OH is 1. The van der Waals surface area contributed by atoms with E-state index >= 15 is 0 Å². The number of hydrogen-bond donors (Lipinski definition) is 1. The SMILES string of the molecule is OC1CCCCC1CN1CCCCC1. The summed E-state index contributed by atoms with van der Waals surface area (Å²) in [6.45, 7) is 3.69. The van der Waals surface area contributed by atoms with Gasteiger partial charge in [-0.2, -0.15) is 0 Å². The molecule has 1 aliphatic heterocycles. The largest absolute Gasteiger partial charge is 0.393 e. The van der Waals surface area contributed by atoms with Crippen LogP contribution in [0.25, 0.3) is 0 Å². The summed E-state index contributed by atoms with van der Waals surface area (Å²) in [4.78, 5) is 2.56. The molecule has 0 aromatic heterocycles. The van der Waals surface area contributed by atoms with E-state index in [1.54, 1.807) is 0 Å². The predicted octanol–water partition coefficient (Wildman–Crippen LogP) is 2.02. The number of hydrogen-bond acceptors (Lipinski definition) is 2. The van der Waals surface area contributed by atoms with Crippen molar-refractivity contribution in [2.45, 2.75) is 51.0 Å². The summed E-state index contributed by atoms with van der Waals surface area (Å²) in [5.74, 6) is 0.571. The van der Waals surface area contributed by atoms with Crippen LogP contribution in [0.3, 0.4) is 0 Å². The Kier molecular flexibility index (Phi) is 3.82. The molecule has 0 spiro atoms. The number of piperidine rings is 1. The van der Waals surface area contributed by atoms with Crippen molar-refractivity contribution in [3.05, 3.63) is 0 Å². The standard InChI is InChI=1S/C12H23NO/c14-12-7-3-2-6-11(12)10-13-8-4-1-5-9-13/h11-12,14H,1-10H2. The third-order valence-corrected chi connectivity index (χ3v) is 3.81. The van der Waals surface area contributed by atoms with Gasteiger partial charge >= 0.3 is 0 Å². The third kappa shape index (κ3) is 2.71. The first-order valence-electron chi connectivity index (χ1n) is 6.26. The van der Waals surface area contributed by atoms with E-state index in [9.17, 15) is 5.11 Å². The highest BCUT2D eigenvalue weighted by Gasteiger charge is 2.25. The Morgan fingerprint density at radius 3 is 2.36 bits per heavy atom. The molecule has 1 aliphatic carbocycles. The maximum atomic E-state index is 9.87. The quantitative estimate of drug-likeness (QED) is 0.732. The molecular formula is C12H23NO. The van der Waals surface area contributed by atoms with E-state index in [0.717, 1.165) is 13.0 Å². The molecule has 1 saturated carbocycles. The first kappa shape index (κ1) is 10.4. The van der Waals surface area contributed by atoms with Crippen LogP contribution in [0, 0.1) is 5.92 Å². The van der Waals surface area contributed by atoms with Crippen LogP contribution in [0.1, 0.15) is 44.9 Å². The van der Waals surface area contributed by atoms with Gasteiger partial charge in [0.05, 0.1) is 6.10 Å². The molecule has 1 heterocycles. The Labute approximate surface area is 87.3 Å². The lowest BCUT2D eigenvalue weighted by atomic mass is 9.86. The second kappa shape index (κ2) is 5.13. The monoisotopic (exact) mass is 197 g/mol. The molecule has 2 fully saturated rings. The van der Waals surface area contributed by atoms with Crippen LogP contribution in [0.2, 0.25) is 0 Å². The maximum Gasteiger partial charge on any atom is 0.0580 e. The number of likely N-dealkylation sites (tertiary alicyclic amines) is 1. The Hall–Kier alpha value is -0.0800. The molecule has 0 bridgehead atoms. The van der Waals surface area contributed by atoms with Crippen molar-refractivity contribution in [1.82, 2.24) is 4.90 Å². The average molecular weight is 197 g/mol. The Morgan fingerprint density at radius 1 is 0.929 bits per heavy atom. The van der Waals surface area contributed by atoms with Crippen LogP contribution in [-0.2, 0) is 0 Å². The van der Waals surface area contributed by atoms with E-state index in [1.165, 1.54) is 51.6 Å². The van der Waals surface area contributed by atoms with Crippen molar-refractivity contribution >= 4 is 0 Å². The van der Waals surface area contributed by atoms with Crippen molar-refractivity contribution < 1.29 is 5.11 Å². The fraction of sp³-hybridized carbons (Fsp3) is 1.00. The van der Waals surface area contributed by atoms with Crippen molar-refractivity contribution in [2.24, 2.45) is 5.92 Å². The second-order valence-electron chi connectivity index (χ2n) is 4.97. The lowest BCUT2D eigenvalue weighted by Crippen LogP contribution is -2.39. The van der Waals surface area contributed by atoms with Crippen LogP contribution in [0.4, 0.5) is 0 Å². The molecular weight excluding hydrogens is 174 g/mol. The molecule has 0 aromatic carbocycles. The Morgan fingerprint density at radius 2 is 1.64 bits per heavy atom. The van der Waals surface area contributed by atoms with E-state index in [-0.39, 0.29) is 6.10 Å². The van der Waals surface area contributed by atoms with E-state index in [4.69, 9.17) is 0 Å². The molecule has 0 radical (unpaired) electrons. The molecule has 2 rings (SSSR count). The van der Waals surface area contributed by atoms with Gasteiger partial charge in [-0.3, -0.25) is 0 Å².